The van der Waals surface area contributed by atoms with Crippen LogP contribution in [-0.4, -0.2) is 17.5 Å². The highest BCUT2D eigenvalue weighted by Crippen LogP contribution is 2.22. The number of anilines is 1. The van der Waals surface area contributed by atoms with E-state index in [2.05, 4.69) is 31.8 Å². The molecule has 5 nitrogen and oxygen atoms in total. The molecule has 0 heterocycles. The second-order valence-electron chi connectivity index (χ2n) is 6.31. The molecule has 152 valence electrons. The lowest BCUT2D eigenvalue weighted by molar-refractivity contribution is 0.0954. The van der Waals surface area contributed by atoms with Crippen LogP contribution in [0.4, 0.5) is 5.69 Å². The van der Waals surface area contributed by atoms with Crippen LogP contribution in [0.15, 0.2) is 76.3 Å². The van der Waals surface area contributed by atoms with Crippen LogP contribution in [0.2, 0.25) is 10.0 Å². The van der Waals surface area contributed by atoms with Gasteiger partial charge in [0.1, 0.15) is 0 Å². The Kier molecular flexibility index (Phi) is 7.26. The highest BCUT2D eigenvalue weighted by atomic mass is 79.9. The van der Waals surface area contributed by atoms with Crippen molar-refractivity contribution in [2.75, 3.05) is 5.32 Å². The van der Waals surface area contributed by atoms with Gasteiger partial charge in [-0.2, -0.15) is 5.10 Å². The van der Waals surface area contributed by atoms with E-state index in [-0.39, 0.29) is 16.8 Å². The van der Waals surface area contributed by atoms with Crippen molar-refractivity contribution in [1.82, 2.24) is 5.43 Å². The van der Waals surface area contributed by atoms with Crippen molar-refractivity contribution in [3.63, 3.8) is 0 Å². The number of rotatable bonds is 5. The number of carbonyl (C=O) groups excluding carboxylic acids is 2. The molecular weight excluding hydrogens is 489 g/mol. The highest BCUT2D eigenvalue weighted by molar-refractivity contribution is 9.10. The van der Waals surface area contributed by atoms with Crippen molar-refractivity contribution in [1.29, 1.82) is 0 Å². The molecule has 0 unspecified atom stereocenters. The number of hydrazone groups is 1. The van der Waals surface area contributed by atoms with Gasteiger partial charge in [-0.25, -0.2) is 5.43 Å². The Morgan fingerprint density at radius 1 is 0.900 bits per heavy atom. The number of hydrogen-bond acceptors (Lipinski definition) is 3. The minimum absolute atomic E-state index is 0.268. The average Bonchev–Trinajstić information content (AvgIpc) is 2.71. The van der Waals surface area contributed by atoms with Gasteiger partial charge >= 0.3 is 0 Å². The van der Waals surface area contributed by atoms with Crippen molar-refractivity contribution in [2.24, 2.45) is 5.10 Å². The van der Waals surface area contributed by atoms with Crippen molar-refractivity contribution >= 4 is 62.3 Å². The second kappa shape index (κ2) is 9.89. The molecule has 0 fully saturated rings. The summed E-state index contributed by atoms with van der Waals surface area (Å²) in [6, 6.07) is 18.8. The number of halogens is 3. The first kappa shape index (κ1) is 22.0. The lowest BCUT2D eigenvalue weighted by Gasteiger charge is -2.09. The molecular formula is C22H16BrCl2N3O2. The first-order valence-electron chi connectivity index (χ1n) is 8.80. The Hall–Kier alpha value is -2.67. The number of nitrogens with one attached hydrogen (secondary N) is 2. The van der Waals surface area contributed by atoms with E-state index < -0.39 is 0 Å². The molecule has 0 saturated heterocycles. The van der Waals surface area contributed by atoms with E-state index in [9.17, 15) is 9.59 Å². The van der Waals surface area contributed by atoms with Gasteiger partial charge in [0.2, 0.25) is 0 Å². The number of benzene rings is 3. The summed E-state index contributed by atoms with van der Waals surface area (Å²) in [7, 11) is 0. The Balaban J connectivity index is 1.71. The summed E-state index contributed by atoms with van der Waals surface area (Å²) in [6.45, 7) is 1.76. The van der Waals surface area contributed by atoms with Gasteiger partial charge in [-0.05, 0) is 61.0 Å². The van der Waals surface area contributed by atoms with Gasteiger partial charge in [0.05, 0.1) is 16.3 Å². The fourth-order valence-electron chi connectivity index (χ4n) is 2.59. The molecule has 0 bridgehead atoms. The lowest BCUT2D eigenvalue weighted by atomic mass is 10.1. The minimum Gasteiger partial charge on any atom is -0.322 e. The Morgan fingerprint density at radius 3 is 2.37 bits per heavy atom. The van der Waals surface area contributed by atoms with Gasteiger partial charge < -0.3 is 5.32 Å². The zero-order valence-corrected chi connectivity index (χ0v) is 18.8. The molecule has 0 atom stereocenters. The molecule has 8 heteroatoms. The predicted molar refractivity (Wildman–Crippen MR) is 125 cm³/mol. The number of nitrogens with zero attached hydrogens (tertiary/aromatic N) is 1. The summed E-state index contributed by atoms with van der Waals surface area (Å²) in [4.78, 5) is 24.7. The van der Waals surface area contributed by atoms with Crippen LogP contribution in [-0.2, 0) is 0 Å². The monoisotopic (exact) mass is 503 g/mol. The lowest BCUT2D eigenvalue weighted by Crippen LogP contribution is -2.19. The van der Waals surface area contributed by atoms with E-state index >= 15 is 0 Å². The number of amides is 2. The Bertz CT molecular complexity index is 1150. The van der Waals surface area contributed by atoms with Crippen LogP contribution in [0.25, 0.3) is 0 Å². The molecule has 3 aromatic carbocycles. The second-order valence-corrected chi connectivity index (χ2v) is 8.07. The molecule has 2 amide bonds. The third-order valence-corrected chi connectivity index (χ3v) is 5.17. The third-order valence-electron chi connectivity index (χ3n) is 4.13. The van der Waals surface area contributed by atoms with Crippen molar-refractivity contribution < 1.29 is 9.59 Å². The number of carbonyl (C=O) groups is 2. The Morgan fingerprint density at radius 2 is 1.63 bits per heavy atom. The molecule has 3 aromatic rings. The molecule has 0 aliphatic rings. The van der Waals surface area contributed by atoms with Gasteiger partial charge in [-0.15, -0.1) is 0 Å². The van der Waals surface area contributed by atoms with E-state index in [1.165, 1.54) is 6.07 Å². The quantitative estimate of drug-likeness (QED) is 0.322. The zero-order chi connectivity index (χ0) is 21.7. The molecule has 30 heavy (non-hydrogen) atoms. The molecule has 0 spiro atoms. The van der Waals surface area contributed by atoms with E-state index in [1.807, 2.05) is 12.1 Å². The third kappa shape index (κ3) is 5.69. The van der Waals surface area contributed by atoms with Crippen LogP contribution in [0.1, 0.15) is 33.2 Å². The topological polar surface area (TPSA) is 70.6 Å². The van der Waals surface area contributed by atoms with Gasteiger partial charge in [-0.3, -0.25) is 9.59 Å². The molecule has 3 rings (SSSR count). The maximum absolute atomic E-state index is 12.5. The minimum atomic E-state index is -0.355. The van der Waals surface area contributed by atoms with Crippen LogP contribution < -0.4 is 10.7 Å². The summed E-state index contributed by atoms with van der Waals surface area (Å²) in [5, 5.41) is 7.67. The van der Waals surface area contributed by atoms with Gasteiger partial charge in [0, 0.05) is 20.7 Å². The average molecular weight is 505 g/mol. The summed E-state index contributed by atoms with van der Waals surface area (Å²) in [6.07, 6.45) is 0. The SMILES string of the molecule is CC(=NNC(=O)c1cccc(Br)c1)c1cccc(NC(=O)c2ccc(Cl)cc2Cl)c1. The van der Waals surface area contributed by atoms with Crippen LogP contribution in [0.3, 0.4) is 0 Å². The maximum atomic E-state index is 12.5. The molecule has 0 radical (unpaired) electrons. The zero-order valence-electron chi connectivity index (χ0n) is 15.7. The van der Waals surface area contributed by atoms with Crippen LogP contribution in [0, 0.1) is 0 Å². The molecule has 2 N–H and O–H groups in total. The standard InChI is InChI=1S/C22H16BrCl2N3O2/c1-13(27-28-21(29)15-5-2-6-16(23)10-15)14-4-3-7-18(11-14)26-22(30)19-9-8-17(24)12-20(19)25/h2-12H,1H3,(H,26,30)(H,28,29). The molecule has 0 aromatic heterocycles. The van der Waals surface area contributed by atoms with Gasteiger partial charge in [0.15, 0.2) is 0 Å². The fraction of sp³-hybridized carbons (Fsp3) is 0.0455. The molecule has 0 aliphatic carbocycles. The van der Waals surface area contributed by atoms with Crippen LogP contribution in [0.5, 0.6) is 0 Å². The largest absolute Gasteiger partial charge is 0.322 e. The normalized spacial score (nSPS) is 11.1. The van der Waals surface area contributed by atoms with Gasteiger partial charge in [0.25, 0.3) is 11.8 Å². The summed E-state index contributed by atoms with van der Waals surface area (Å²) in [5.41, 5.74) is 5.23. The summed E-state index contributed by atoms with van der Waals surface area (Å²) in [5.74, 6) is -0.677. The van der Waals surface area contributed by atoms with E-state index in [0.717, 1.165) is 10.0 Å². The van der Waals surface area contributed by atoms with E-state index in [4.69, 9.17) is 23.2 Å². The summed E-state index contributed by atoms with van der Waals surface area (Å²) < 4.78 is 0.806. The molecule has 0 aliphatic heterocycles. The highest BCUT2D eigenvalue weighted by Gasteiger charge is 2.12. The first-order chi connectivity index (χ1) is 14.3. The van der Waals surface area contributed by atoms with E-state index in [1.54, 1.807) is 55.5 Å². The Labute approximate surface area is 192 Å². The van der Waals surface area contributed by atoms with Gasteiger partial charge in [-0.1, -0.05) is 57.3 Å². The summed E-state index contributed by atoms with van der Waals surface area (Å²) >= 11 is 15.3. The maximum Gasteiger partial charge on any atom is 0.271 e. The van der Waals surface area contributed by atoms with Crippen molar-refractivity contribution in [2.45, 2.75) is 6.92 Å². The predicted octanol–water partition coefficient (Wildman–Crippen LogP) is 6.16. The van der Waals surface area contributed by atoms with Crippen LogP contribution >= 0.6 is 39.1 Å². The molecule has 0 saturated carbocycles. The smallest absolute Gasteiger partial charge is 0.271 e. The fourth-order valence-corrected chi connectivity index (χ4v) is 3.48. The number of hydrogen-bond donors (Lipinski definition) is 2. The van der Waals surface area contributed by atoms with Crippen molar-refractivity contribution in [3.05, 3.63) is 97.9 Å². The van der Waals surface area contributed by atoms with E-state index in [0.29, 0.717) is 27.5 Å². The first-order valence-corrected chi connectivity index (χ1v) is 10.4. The van der Waals surface area contributed by atoms with Crippen molar-refractivity contribution in [3.8, 4) is 0 Å².